The highest BCUT2D eigenvalue weighted by molar-refractivity contribution is 5.94. The lowest BCUT2D eigenvalue weighted by Gasteiger charge is -2.34. The van der Waals surface area contributed by atoms with Crippen molar-refractivity contribution in [2.24, 2.45) is 0 Å². The average Bonchev–Trinajstić information content (AvgIpc) is 3.40. The molecular formula is C31H34N6O3. The van der Waals surface area contributed by atoms with Gasteiger partial charge in [0, 0.05) is 56.2 Å². The number of ether oxygens (including phenoxy) is 1. The van der Waals surface area contributed by atoms with E-state index in [-0.39, 0.29) is 17.9 Å². The van der Waals surface area contributed by atoms with Crippen molar-refractivity contribution >= 4 is 29.1 Å². The standard InChI is InChI=1S/C31H34N6O3/c1-20-16-29-34-27(19-36(29)31(33-20)35-12-14-40-15-13-35)30(39)32-18-23-5-8-24(9-6-23)25-10-11-28-26(17-25)7-4-21(2)37(28)22(3)38/h5-6,8-11,16-17,19,21H,4,7,12-15,18H2,1-3H3,(H,32,39)/t21-/m0/s1. The number of fused-ring (bicyclic) bond motifs is 2. The van der Waals surface area contributed by atoms with Crippen LogP contribution in [0.25, 0.3) is 16.8 Å². The molecule has 1 atom stereocenters. The Bertz CT molecular complexity index is 1570. The van der Waals surface area contributed by atoms with Gasteiger partial charge in [0.25, 0.3) is 5.91 Å². The first-order chi connectivity index (χ1) is 19.4. The molecule has 2 aromatic carbocycles. The van der Waals surface area contributed by atoms with Gasteiger partial charge in [0.1, 0.15) is 11.3 Å². The van der Waals surface area contributed by atoms with Gasteiger partial charge in [-0.25, -0.2) is 9.97 Å². The maximum Gasteiger partial charge on any atom is 0.271 e. The summed E-state index contributed by atoms with van der Waals surface area (Å²) in [6.45, 7) is 8.89. The number of aryl methyl sites for hydroxylation is 2. The number of carbonyl (C=O) groups is 2. The Hall–Kier alpha value is -4.24. The van der Waals surface area contributed by atoms with Crippen LogP contribution in [0.1, 0.15) is 47.6 Å². The summed E-state index contributed by atoms with van der Waals surface area (Å²) in [5, 5.41) is 3.00. The van der Waals surface area contributed by atoms with Crippen LogP contribution < -0.4 is 15.1 Å². The number of benzene rings is 2. The summed E-state index contributed by atoms with van der Waals surface area (Å²) in [6, 6.07) is 16.7. The molecule has 0 aliphatic carbocycles. The van der Waals surface area contributed by atoms with Crippen LogP contribution in [0.4, 0.5) is 11.6 Å². The summed E-state index contributed by atoms with van der Waals surface area (Å²) >= 11 is 0. The van der Waals surface area contributed by atoms with Crippen molar-refractivity contribution in [2.45, 2.75) is 46.2 Å². The molecule has 6 rings (SSSR count). The van der Waals surface area contributed by atoms with E-state index in [1.54, 1.807) is 13.1 Å². The summed E-state index contributed by atoms with van der Waals surface area (Å²) in [7, 11) is 0. The molecule has 0 bridgehead atoms. The van der Waals surface area contributed by atoms with E-state index < -0.39 is 0 Å². The molecule has 9 nitrogen and oxygen atoms in total. The van der Waals surface area contributed by atoms with Crippen molar-refractivity contribution in [2.75, 3.05) is 36.1 Å². The summed E-state index contributed by atoms with van der Waals surface area (Å²) < 4.78 is 7.37. The van der Waals surface area contributed by atoms with Gasteiger partial charge in [-0.15, -0.1) is 0 Å². The number of carbonyl (C=O) groups excluding carboxylic acids is 2. The zero-order chi connectivity index (χ0) is 27.8. The van der Waals surface area contributed by atoms with Crippen LogP contribution in [0.15, 0.2) is 54.7 Å². The van der Waals surface area contributed by atoms with Gasteiger partial charge >= 0.3 is 0 Å². The van der Waals surface area contributed by atoms with Crippen LogP contribution in [0.5, 0.6) is 0 Å². The van der Waals surface area contributed by atoms with Crippen LogP contribution in [0, 0.1) is 6.92 Å². The van der Waals surface area contributed by atoms with E-state index >= 15 is 0 Å². The van der Waals surface area contributed by atoms with Crippen LogP contribution in [0.2, 0.25) is 0 Å². The maximum absolute atomic E-state index is 13.0. The van der Waals surface area contributed by atoms with E-state index in [2.05, 4.69) is 52.5 Å². The van der Waals surface area contributed by atoms with Gasteiger partial charge in [0.05, 0.1) is 13.2 Å². The lowest BCUT2D eigenvalue weighted by molar-refractivity contribution is -0.117. The predicted octanol–water partition coefficient (Wildman–Crippen LogP) is 4.16. The smallest absolute Gasteiger partial charge is 0.271 e. The van der Waals surface area contributed by atoms with Crippen LogP contribution in [0.3, 0.4) is 0 Å². The molecule has 9 heteroatoms. The van der Waals surface area contributed by atoms with Crippen LogP contribution in [-0.2, 0) is 22.5 Å². The molecule has 2 amide bonds. The van der Waals surface area contributed by atoms with E-state index in [0.29, 0.717) is 31.1 Å². The normalized spacial score (nSPS) is 17.1. The first-order valence-corrected chi connectivity index (χ1v) is 13.9. The second-order valence-electron chi connectivity index (χ2n) is 10.7. The number of nitrogens with one attached hydrogen (secondary N) is 1. The van der Waals surface area contributed by atoms with Gasteiger partial charge in [0.15, 0.2) is 0 Å². The van der Waals surface area contributed by atoms with Crippen molar-refractivity contribution in [1.29, 1.82) is 0 Å². The third kappa shape index (κ3) is 5.04. The topological polar surface area (TPSA) is 92.1 Å². The zero-order valence-electron chi connectivity index (χ0n) is 23.2. The molecule has 40 heavy (non-hydrogen) atoms. The van der Waals surface area contributed by atoms with Gasteiger partial charge in [-0.3, -0.25) is 14.0 Å². The minimum atomic E-state index is -0.225. The minimum Gasteiger partial charge on any atom is -0.378 e. The molecule has 0 saturated carbocycles. The predicted molar refractivity (Wildman–Crippen MR) is 155 cm³/mol. The Kier molecular flexibility index (Phi) is 6.98. The fraction of sp³-hybridized carbons (Fsp3) is 0.355. The van der Waals surface area contributed by atoms with Crippen molar-refractivity contribution in [3.05, 3.63) is 77.2 Å². The fourth-order valence-electron chi connectivity index (χ4n) is 5.68. The highest BCUT2D eigenvalue weighted by atomic mass is 16.5. The van der Waals surface area contributed by atoms with Gasteiger partial charge in [0.2, 0.25) is 11.9 Å². The Labute approximate surface area is 233 Å². The number of amides is 2. The highest BCUT2D eigenvalue weighted by Gasteiger charge is 2.26. The molecule has 1 saturated heterocycles. The Morgan fingerprint density at radius 3 is 2.52 bits per heavy atom. The summed E-state index contributed by atoms with van der Waals surface area (Å²) in [5.41, 5.74) is 7.37. The monoisotopic (exact) mass is 538 g/mol. The third-order valence-electron chi connectivity index (χ3n) is 7.78. The van der Waals surface area contributed by atoms with E-state index in [1.165, 1.54) is 5.56 Å². The Balaban J connectivity index is 1.14. The van der Waals surface area contributed by atoms with Crippen molar-refractivity contribution in [1.82, 2.24) is 19.7 Å². The molecule has 0 unspecified atom stereocenters. The van der Waals surface area contributed by atoms with Gasteiger partial charge < -0.3 is 19.9 Å². The Morgan fingerprint density at radius 1 is 1.02 bits per heavy atom. The summed E-state index contributed by atoms with van der Waals surface area (Å²) in [6.07, 6.45) is 3.69. The van der Waals surface area contributed by atoms with Crippen molar-refractivity contribution in [3.8, 4) is 11.1 Å². The average molecular weight is 539 g/mol. The van der Waals surface area contributed by atoms with Gasteiger partial charge in [-0.2, -0.15) is 0 Å². The van der Waals surface area contributed by atoms with Crippen LogP contribution in [-0.4, -0.2) is 58.5 Å². The van der Waals surface area contributed by atoms with Crippen molar-refractivity contribution in [3.63, 3.8) is 0 Å². The van der Waals surface area contributed by atoms with Gasteiger partial charge in [-0.1, -0.05) is 30.3 Å². The third-order valence-corrected chi connectivity index (χ3v) is 7.78. The molecule has 4 heterocycles. The molecule has 1 N–H and O–H groups in total. The van der Waals surface area contributed by atoms with Crippen LogP contribution >= 0.6 is 0 Å². The molecular weight excluding hydrogens is 504 g/mol. The molecule has 1 fully saturated rings. The van der Waals surface area contributed by atoms with E-state index in [9.17, 15) is 9.59 Å². The molecule has 4 aromatic rings. The highest BCUT2D eigenvalue weighted by Crippen LogP contribution is 2.34. The largest absolute Gasteiger partial charge is 0.378 e. The number of nitrogens with zero attached hydrogens (tertiary/aromatic N) is 5. The summed E-state index contributed by atoms with van der Waals surface area (Å²) in [5.74, 6) is 0.643. The molecule has 2 aliphatic rings. The maximum atomic E-state index is 13.0. The lowest BCUT2D eigenvalue weighted by atomic mass is 9.93. The van der Waals surface area contributed by atoms with E-state index in [0.717, 1.165) is 60.0 Å². The number of morpholine rings is 1. The fourth-order valence-corrected chi connectivity index (χ4v) is 5.68. The van der Waals surface area contributed by atoms with E-state index in [4.69, 9.17) is 9.72 Å². The molecule has 0 spiro atoms. The number of hydrogen-bond acceptors (Lipinski definition) is 6. The van der Waals surface area contributed by atoms with Crippen molar-refractivity contribution < 1.29 is 14.3 Å². The minimum absolute atomic E-state index is 0.0839. The number of hydrogen-bond donors (Lipinski definition) is 1. The first-order valence-electron chi connectivity index (χ1n) is 13.9. The lowest BCUT2D eigenvalue weighted by Crippen LogP contribution is -2.40. The first kappa shape index (κ1) is 26.0. The number of imidazole rings is 1. The van der Waals surface area contributed by atoms with E-state index in [1.807, 2.05) is 34.4 Å². The second-order valence-corrected chi connectivity index (χ2v) is 10.7. The number of aromatic nitrogens is 3. The Morgan fingerprint density at radius 2 is 1.77 bits per heavy atom. The second kappa shape index (κ2) is 10.7. The molecule has 0 radical (unpaired) electrons. The number of rotatable bonds is 5. The zero-order valence-corrected chi connectivity index (χ0v) is 23.2. The molecule has 2 aliphatic heterocycles. The SMILES string of the molecule is CC(=O)N1c2ccc(-c3ccc(CNC(=O)c4cn5c(N6CCOCC6)nc(C)cc5n4)cc3)cc2CC[C@@H]1C. The summed E-state index contributed by atoms with van der Waals surface area (Å²) in [4.78, 5) is 38.6. The van der Waals surface area contributed by atoms with Gasteiger partial charge in [-0.05, 0) is 61.1 Å². The molecule has 2 aromatic heterocycles. The molecule has 206 valence electrons. The number of anilines is 2. The quantitative estimate of drug-likeness (QED) is 0.410.